The summed E-state index contributed by atoms with van der Waals surface area (Å²) in [6, 6.07) is 13.7. The molecule has 0 spiro atoms. The van der Waals surface area contributed by atoms with E-state index in [2.05, 4.69) is 16.2 Å². The maximum Gasteiger partial charge on any atom is 0.259 e. The number of anilines is 1. The Labute approximate surface area is 168 Å². The summed E-state index contributed by atoms with van der Waals surface area (Å²) in [7, 11) is 1.82. The molecule has 142 valence electrons. The highest BCUT2D eigenvalue weighted by Crippen LogP contribution is 2.42. The number of carbonyl (C=O) groups is 1. The quantitative estimate of drug-likeness (QED) is 0.575. The summed E-state index contributed by atoms with van der Waals surface area (Å²) < 4.78 is 5.59. The molecule has 3 aromatic rings. The predicted molar refractivity (Wildman–Crippen MR) is 109 cm³/mol. The Bertz CT molecular complexity index is 1040. The number of hydrogen-bond donors (Lipinski definition) is 0. The maximum absolute atomic E-state index is 12.8. The van der Waals surface area contributed by atoms with Crippen LogP contribution in [-0.4, -0.2) is 23.1 Å². The van der Waals surface area contributed by atoms with Crippen LogP contribution in [0.4, 0.5) is 5.69 Å². The lowest BCUT2D eigenvalue weighted by molar-refractivity contribution is 0.0990. The summed E-state index contributed by atoms with van der Waals surface area (Å²) in [6.45, 7) is 0. The van der Waals surface area contributed by atoms with Gasteiger partial charge in [-0.1, -0.05) is 48.3 Å². The molecule has 1 saturated carbocycles. The standard InChI is InChI=1S/C22H21N3O2S/c1-25-17-12-11-15(20-23-21(27-24-20)14-7-3-2-4-8-14)13-19(17)28-18-10-6-5-9-16(18)22(25)26/h5-6,9-14H,2-4,7-8H2,1H3. The van der Waals surface area contributed by atoms with E-state index in [-0.39, 0.29) is 5.91 Å². The van der Waals surface area contributed by atoms with Gasteiger partial charge < -0.3 is 9.42 Å². The molecular formula is C22H21N3O2S. The number of fused-ring (bicyclic) bond motifs is 2. The summed E-state index contributed by atoms with van der Waals surface area (Å²) in [5.74, 6) is 1.78. The van der Waals surface area contributed by atoms with E-state index in [1.165, 1.54) is 19.3 Å². The van der Waals surface area contributed by atoms with Gasteiger partial charge in [0.05, 0.1) is 11.3 Å². The minimum absolute atomic E-state index is 0.00810. The average Bonchev–Trinajstić information content (AvgIpc) is 3.21. The van der Waals surface area contributed by atoms with Crippen molar-refractivity contribution < 1.29 is 9.32 Å². The fraction of sp³-hybridized carbons (Fsp3) is 0.318. The summed E-state index contributed by atoms with van der Waals surface area (Å²) >= 11 is 1.61. The Balaban J connectivity index is 1.51. The van der Waals surface area contributed by atoms with Gasteiger partial charge in [0.25, 0.3) is 5.91 Å². The van der Waals surface area contributed by atoms with Gasteiger partial charge in [-0.25, -0.2) is 0 Å². The van der Waals surface area contributed by atoms with Gasteiger partial charge in [-0.05, 0) is 43.2 Å². The molecule has 0 radical (unpaired) electrons. The fourth-order valence-electron chi connectivity index (χ4n) is 4.02. The molecule has 1 aromatic heterocycles. The molecule has 1 aliphatic heterocycles. The van der Waals surface area contributed by atoms with Crippen molar-refractivity contribution in [1.82, 2.24) is 10.1 Å². The molecule has 5 nitrogen and oxygen atoms in total. The van der Waals surface area contributed by atoms with Crippen LogP contribution in [0.3, 0.4) is 0 Å². The van der Waals surface area contributed by atoms with Crippen LogP contribution in [0.5, 0.6) is 0 Å². The molecule has 0 bridgehead atoms. The van der Waals surface area contributed by atoms with E-state index in [9.17, 15) is 4.79 Å². The van der Waals surface area contributed by atoms with E-state index in [0.29, 0.717) is 11.7 Å². The van der Waals surface area contributed by atoms with Crippen LogP contribution in [0, 0.1) is 0 Å². The summed E-state index contributed by atoms with van der Waals surface area (Å²) in [5.41, 5.74) is 2.54. The molecule has 1 amide bonds. The molecular weight excluding hydrogens is 370 g/mol. The van der Waals surface area contributed by atoms with Crippen LogP contribution >= 0.6 is 11.8 Å². The van der Waals surface area contributed by atoms with Crippen LogP contribution in [-0.2, 0) is 0 Å². The number of nitrogens with zero attached hydrogens (tertiary/aromatic N) is 3. The van der Waals surface area contributed by atoms with Crippen LogP contribution < -0.4 is 4.90 Å². The van der Waals surface area contributed by atoms with Gasteiger partial charge in [-0.15, -0.1) is 0 Å². The second kappa shape index (κ2) is 7.09. The number of amides is 1. The maximum atomic E-state index is 12.8. The minimum atomic E-state index is 0.00810. The molecule has 6 heteroatoms. The van der Waals surface area contributed by atoms with Crippen LogP contribution in [0.2, 0.25) is 0 Å². The second-order valence-corrected chi connectivity index (χ2v) is 8.52. The zero-order valence-corrected chi connectivity index (χ0v) is 16.5. The van der Waals surface area contributed by atoms with E-state index in [4.69, 9.17) is 4.52 Å². The normalized spacial score (nSPS) is 17.2. The van der Waals surface area contributed by atoms with E-state index in [1.807, 2.05) is 43.4 Å². The Morgan fingerprint density at radius 1 is 1.07 bits per heavy atom. The Hall–Kier alpha value is -2.60. The van der Waals surface area contributed by atoms with Crippen molar-refractivity contribution in [3.05, 3.63) is 53.9 Å². The van der Waals surface area contributed by atoms with Crippen molar-refractivity contribution in [1.29, 1.82) is 0 Å². The Morgan fingerprint density at radius 2 is 1.89 bits per heavy atom. The third-order valence-corrected chi connectivity index (χ3v) is 6.74. The third-order valence-electron chi connectivity index (χ3n) is 5.62. The van der Waals surface area contributed by atoms with Crippen molar-refractivity contribution in [3.63, 3.8) is 0 Å². The van der Waals surface area contributed by atoms with Crippen molar-refractivity contribution in [3.8, 4) is 11.4 Å². The zero-order valence-electron chi connectivity index (χ0n) is 15.7. The molecule has 28 heavy (non-hydrogen) atoms. The molecule has 2 heterocycles. The predicted octanol–water partition coefficient (Wildman–Crippen LogP) is 5.53. The van der Waals surface area contributed by atoms with Crippen LogP contribution in [0.25, 0.3) is 11.4 Å². The van der Waals surface area contributed by atoms with Gasteiger partial charge in [0.1, 0.15) is 0 Å². The molecule has 0 saturated heterocycles. The largest absolute Gasteiger partial charge is 0.339 e. The third kappa shape index (κ3) is 3.02. The lowest BCUT2D eigenvalue weighted by Gasteiger charge is -2.17. The molecule has 2 aromatic carbocycles. The monoisotopic (exact) mass is 391 g/mol. The van der Waals surface area contributed by atoms with Gasteiger partial charge in [0.15, 0.2) is 0 Å². The smallest absolute Gasteiger partial charge is 0.259 e. The molecule has 0 N–H and O–H groups in total. The first-order valence-electron chi connectivity index (χ1n) is 9.73. The SMILES string of the molecule is CN1C(=O)c2ccccc2Sc2cc(-c3noc(C4CCCCC4)n3)ccc21. The highest BCUT2D eigenvalue weighted by Gasteiger charge is 2.26. The topological polar surface area (TPSA) is 59.2 Å². The average molecular weight is 391 g/mol. The first-order valence-corrected chi connectivity index (χ1v) is 10.6. The molecule has 5 rings (SSSR count). The van der Waals surface area contributed by atoms with Crippen LogP contribution in [0.1, 0.15) is 54.3 Å². The summed E-state index contributed by atoms with van der Waals surface area (Å²) in [6.07, 6.45) is 6.03. The van der Waals surface area contributed by atoms with Gasteiger partial charge in [-0.3, -0.25) is 4.79 Å². The summed E-state index contributed by atoms with van der Waals surface area (Å²) in [5, 5.41) is 4.24. The van der Waals surface area contributed by atoms with Crippen molar-refractivity contribution >= 4 is 23.4 Å². The molecule has 1 fully saturated rings. The summed E-state index contributed by atoms with van der Waals surface area (Å²) in [4.78, 5) is 21.2. The van der Waals surface area contributed by atoms with E-state index >= 15 is 0 Å². The molecule has 0 unspecified atom stereocenters. The van der Waals surface area contributed by atoms with E-state index in [1.54, 1.807) is 16.7 Å². The molecule has 2 aliphatic rings. The number of carbonyl (C=O) groups excluding carboxylic acids is 1. The zero-order chi connectivity index (χ0) is 19.1. The lowest BCUT2D eigenvalue weighted by Crippen LogP contribution is -2.25. The fourth-order valence-corrected chi connectivity index (χ4v) is 5.17. The van der Waals surface area contributed by atoms with Gasteiger partial charge in [-0.2, -0.15) is 4.98 Å². The van der Waals surface area contributed by atoms with Gasteiger partial charge >= 0.3 is 0 Å². The van der Waals surface area contributed by atoms with Gasteiger partial charge in [0.2, 0.25) is 11.7 Å². The lowest BCUT2D eigenvalue weighted by atomic mass is 9.89. The van der Waals surface area contributed by atoms with Gasteiger partial charge in [0, 0.05) is 28.3 Å². The Morgan fingerprint density at radius 3 is 2.75 bits per heavy atom. The molecule has 0 atom stereocenters. The van der Waals surface area contributed by atoms with Crippen molar-refractivity contribution in [2.45, 2.75) is 47.8 Å². The van der Waals surface area contributed by atoms with E-state index in [0.717, 1.165) is 45.3 Å². The number of benzene rings is 2. The molecule has 1 aliphatic carbocycles. The first kappa shape index (κ1) is 17.5. The first-order chi connectivity index (χ1) is 13.7. The second-order valence-electron chi connectivity index (χ2n) is 7.44. The van der Waals surface area contributed by atoms with Crippen molar-refractivity contribution in [2.24, 2.45) is 0 Å². The highest BCUT2D eigenvalue weighted by atomic mass is 32.2. The highest BCUT2D eigenvalue weighted by molar-refractivity contribution is 7.99. The van der Waals surface area contributed by atoms with Crippen molar-refractivity contribution in [2.75, 3.05) is 11.9 Å². The van der Waals surface area contributed by atoms with Crippen LogP contribution in [0.15, 0.2) is 56.8 Å². The number of hydrogen-bond acceptors (Lipinski definition) is 5. The Kier molecular flexibility index (Phi) is 4.43. The number of rotatable bonds is 2. The minimum Gasteiger partial charge on any atom is -0.339 e. The number of aromatic nitrogens is 2. The van der Waals surface area contributed by atoms with E-state index < -0.39 is 0 Å².